The van der Waals surface area contributed by atoms with E-state index in [1.807, 2.05) is 60.4 Å². The molecular formula is C23H25N5O. The summed E-state index contributed by atoms with van der Waals surface area (Å²) < 4.78 is 4.05. The summed E-state index contributed by atoms with van der Waals surface area (Å²) >= 11 is 0. The highest BCUT2D eigenvalue weighted by molar-refractivity contribution is 5.79. The van der Waals surface area contributed by atoms with Crippen LogP contribution in [-0.4, -0.2) is 31.8 Å². The number of aryl methyl sites for hydroxylation is 3. The molecule has 4 rings (SSSR count). The second-order valence-electron chi connectivity index (χ2n) is 7.17. The van der Waals surface area contributed by atoms with Gasteiger partial charge in [0.1, 0.15) is 5.82 Å². The summed E-state index contributed by atoms with van der Waals surface area (Å²) in [5, 5.41) is 7.27. The Bertz CT molecular complexity index is 1100. The molecule has 2 aromatic heterocycles. The van der Waals surface area contributed by atoms with Gasteiger partial charge in [0, 0.05) is 37.8 Å². The minimum absolute atomic E-state index is 0.0494. The summed E-state index contributed by atoms with van der Waals surface area (Å²) in [5.41, 5.74) is 4.21. The summed E-state index contributed by atoms with van der Waals surface area (Å²) in [6, 6.07) is 18.2. The van der Waals surface area contributed by atoms with Crippen molar-refractivity contribution in [2.24, 2.45) is 0 Å². The van der Waals surface area contributed by atoms with Crippen molar-refractivity contribution < 1.29 is 4.79 Å². The normalized spacial score (nSPS) is 11.1. The van der Waals surface area contributed by atoms with Crippen molar-refractivity contribution >= 4 is 16.9 Å². The summed E-state index contributed by atoms with van der Waals surface area (Å²) in [6.07, 6.45) is 5.72. The number of nitrogens with one attached hydrogen (secondary N) is 1. The molecule has 0 radical (unpaired) electrons. The molecule has 6 heteroatoms. The molecule has 2 heterocycles. The van der Waals surface area contributed by atoms with E-state index in [0.717, 1.165) is 41.1 Å². The molecule has 0 atom stereocenters. The minimum Gasteiger partial charge on any atom is -0.356 e. The van der Waals surface area contributed by atoms with E-state index in [0.29, 0.717) is 19.4 Å². The average molecular weight is 387 g/mol. The molecule has 1 N–H and O–H groups in total. The highest BCUT2D eigenvalue weighted by atomic mass is 16.1. The molecule has 1 amide bonds. The number of imidazole rings is 1. The van der Waals surface area contributed by atoms with E-state index in [-0.39, 0.29) is 5.91 Å². The number of amides is 1. The molecule has 0 saturated heterocycles. The number of hydrogen-bond donors (Lipinski definition) is 1. The lowest BCUT2D eigenvalue weighted by Crippen LogP contribution is -2.25. The maximum Gasteiger partial charge on any atom is 0.220 e. The molecule has 0 saturated carbocycles. The Kier molecular flexibility index (Phi) is 5.70. The number of fused-ring (bicyclic) bond motifs is 1. The third-order valence-electron chi connectivity index (χ3n) is 4.87. The number of carbonyl (C=O) groups is 1. The van der Waals surface area contributed by atoms with Crippen molar-refractivity contribution in [2.75, 3.05) is 6.54 Å². The zero-order valence-corrected chi connectivity index (χ0v) is 16.6. The number of para-hydroxylation sites is 3. The monoisotopic (exact) mass is 387 g/mol. The fourth-order valence-electron chi connectivity index (χ4n) is 3.48. The molecule has 29 heavy (non-hydrogen) atoms. The number of benzene rings is 2. The molecular weight excluding hydrogens is 362 g/mol. The number of aromatic nitrogens is 4. The maximum atomic E-state index is 12.3. The average Bonchev–Trinajstić information content (AvgIpc) is 3.33. The lowest BCUT2D eigenvalue weighted by atomic mass is 10.2. The molecule has 0 aliphatic carbocycles. The molecule has 0 aliphatic heterocycles. The number of nitrogens with zero attached hydrogens (tertiary/aromatic N) is 4. The molecule has 4 aromatic rings. The van der Waals surface area contributed by atoms with Gasteiger partial charge < -0.3 is 5.32 Å². The Hall–Kier alpha value is -3.41. The van der Waals surface area contributed by atoms with E-state index in [1.165, 1.54) is 0 Å². The van der Waals surface area contributed by atoms with E-state index in [4.69, 9.17) is 4.98 Å². The number of hydrogen-bond acceptors (Lipinski definition) is 3. The van der Waals surface area contributed by atoms with Crippen molar-refractivity contribution in [3.05, 3.63) is 78.4 Å². The van der Waals surface area contributed by atoms with Crippen LogP contribution in [0.2, 0.25) is 0 Å². The molecule has 6 nitrogen and oxygen atoms in total. The van der Waals surface area contributed by atoms with Gasteiger partial charge in [-0.05, 0) is 43.2 Å². The van der Waals surface area contributed by atoms with Gasteiger partial charge in [0.05, 0.1) is 17.2 Å². The van der Waals surface area contributed by atoms with Crippen LogP contribution in [0, 0.1) is 6.92 Å². The number of rotatable bonds is 8. The van der Waals surface area contributed by atoms with Crippen molar-refractivity contribution in [1.82, 2.24) is 24.6 Å². The van der Waals surface area contributed by atoms with Gasteiger partial charge in [0.25, 0.3) is 0 Å². The molecule has 0 unspecified atom stereocenters. The predicted octanol–water partition coefficient (Wildman–Crippen LogP) is 3.67. The molecule has 0 fully saturated rings. The van der Waals surface area contributed by atoms with Crippen LogP contribution in [0.15, 0.2) is 67.0 Å². The van der Waals surface area contributed by atoms with Gasteiger partial charge in [0.15, 0.2) is 0 Å². The summed E-state index contributed by atoms with van der Waals surface area (Å²) in [7, 11) is 0. The van der Waals surface area contributed by atoms with Gasteiger partial charge in [-0.3, -0.25) is 14.0 Å². The van der Waals surface area contributed by atoms with Gasteiger partial charge in [0.2, 0.25) is 5.91 Å². The van der Waals surface area contributed by atoms with E-state index in [9.17, 15) is 4.79 Å². The van der Waals surface area contributed by atoms with Crippen molar-refractivity contribution in [2.45, 2.75) is 32.7 Å². The van der Waals surface area contributed by atoms with E-state index in [2.05, 4.69) is 33.2 Å². The van der Waals surface area contributed by atoms with E-state index in [1.54, 1.807) is 0 Å². The zero-order chi connectivity index (χ0) is 20.1. The van der Waals surface area contributed by atoms with Gasteiger partial charge in [-0.2, -0.15) is 5.10 Å². The first-order valence-electron chi connectivity index (χ1n) is 9.98. The van der Waals surface area contributed by atoms with Crippen LogP contribution < -0.4 is 5.32 Å². The second-order valence-corrected chi connectivity index (χ2v) is 7.17. The largest absolute Gasteiger partial charge is 0.356 e. The topological polar surface area (TPSA) is 64.7 Å². The quantitative estimate of drug-likeness (QED) is 0.469. The van der Waals surface area contributed by atoms with E-state index < -0.39 is 0 Å². The third-order valence-corrected chi connectivity index (χ3v) is 4.87. The lowest BCUT2D eigenvalue weighted by molar-refractivity contribution is -0.121. The van der Waals surface area contributed by atoms with Crippen LogP contribution in [0.25, 0.3) is 16.7 Å². The first-order chi connectivity index (χ1) is 14.2. The standard InChI is InChI=1S/C23H25N5O/c1-18-16-25-27(17-18)15-7-14-24-23(29)13-12-22-26-20-10-5-6-11-21(20)28(22)19-8-3-2-4-9-19/h2-6,8-11,16-17H,7,12-15H2,1H3,(H,24,29). The molecule has 0 spiro atoms. The van der Waals surface area contributed by atoms with Crippen molar-refractivity contribution in [1.29, 1.82) is 0 Å². The van der Waals surface area contributed by atoms with Gasteiger partial charge in [-0.25, -0.2) is 4.98 Å². The first kappa shape index (κ1) is 18.9. The molecule has 2 aromatic carbocycles. The fourth-order valence-corrected chi connectivity index (χ4v) is 3.48. The predicted molar refractivity (Wildman–Crippen MR) is 114 cm³/mol. The Morgan fingerprint density at radius 2 is 1.86 bits per heavy atom. The highest BCUT2D eigenvalue weighted by Gasteiger charge is 2.13. The van der Waals surface area contributed by atoms with Crippen LogP contribution in [0.1, 0.15) is 24.2 Å². The Morgan fingerprint density at radius 1 is 1.07 bits per heavy atom. The van der Waals surface area contributed by atoms with Gasteiger partial charge in [-0.15, -0.1) is 0 Å². The smallest absolute Gasteiger partial charge is 0.220 e. The SMILES string of the molecule is Cc1cnn(CCCNC(=O)CCc2nc3ccccc3n2-c2ccccc2)c1. The van der Waals surface area contributed by atoms with Crippen LogP contribution >= 0.6 is 0 Å². The molecule has 148 valence electrons. The maximum absolute atomic E-state index is 12.3. The lowest BCUT2D eigenvalue weighted by Gasteiger charge is -2.09. The Morgan fingerprint density at radius 3 is 2.66 bits per heavy atom. The highest BCUT2D eigenvalue weighted by Crippen LogP contribution is 2.22. The minimum atomic E-state index is 0.0494. The zero-order valence-electron chi connectivity index (χ0n) is 16.6. The van der Waals surface area contributed by atoms with Crippen LogP contribution in [0.4, 0.5) is 0 Å². The molecule has 0 bridgehead atoms. The van der Waals surface area contributed by atoms with Crippen molar-refractivity contribution in [3.63, 3.8) is 0 Å². The Balaban J connectivity index is 1.37. The third kappa shape index (κ3) is 4.54. The fraction of sp³-hybridized carbons (Fsp3) is 0.261. The van der Waals surface area contributed by atoms with E-state index >= 15 is 0 Å². The van der Waals surface area contributed by atoms with Crippen LogP contribution in [-0.2, 0) is 17.8 Å². The Labute approximate surface area is 170 Å². The first-order valence-corrected chi connectivity index (χ1v) is 9.98. The van der Waals surface area contributed by atoms with Gasteiger partial charge in [-0.1, -0.05) is 30.3 Å². The van der Waals surface area contributed by atoms with Crippen molar-refractivity contribution in [3.8, 4) is 5.69 Å². The number of carbonyl (C=O) groups excluding carboxylic acids is 1. The summed E-state index contributed by atoms with van der Waals surface area (Å²) in [6.45, 7) is 3.47. The summed E-state index contributed by atoms with van der Waals surface area (Å²) in [5.74, 6) is 0.952. The van der Waals surface area contributed by atoms with Gasteiger partial charge >= 0.3 is 0 Å². The van der Waals surface area contributed by atoms with Crippen LogP contribution in [0.3, 0.4) is 0 Å². The van der Waals surface area contributed by atoms with Crippen LogP contribution in [0.5, 0.6) is 0 Å². The summed E-state index contributed by atoms with van der Waals surface area (Å²) in [4.78, 5) is 17.1. The second kappa shape index (κ2) is 8.73. The molecule has 0 aliphatic rings.